The Balaban J connectivity index is 4.53. The lowest BCUT2D eigenvalue weighted by Gasteiger charge is -2.18. The number of unbranched alkanes of at least 4 members (excludes halogenated alkanes) is 22. The Bertz CT molecular complexity index is 1400. The van der Waals surface area contributed by atoms with Crippen LogP contribution in [0.2, 0.25) is 0 Å². The second-order valence-corrected chi connectivity index (χ2v) is 16.9. The van der Waals surface area contributed by atoms with Crippen LogP contribution in [-0.2, 0) is 28.6 Å². The van der Waals surface area contributed by atoms with E-state index in [1.54, 1.807) is 0 Å². The van der Waals surface area contributed by atoms with Crippen LogP contribution in [0.15, 0.2) is 122 Å². The van der Waals surface area contributed by atoms with E-state index in [-0.39, 0.29) is 37.5 Å². The Morgan fingerprint density at radius 2 is 0.646 bits per heavy atom. The van der Waals surface area contributed by atoms with Crippen molar-refractivity contribution in [2.45, 2.75) is 219 Å². The van der Waals surface area contributed by atoms with E-state index < -0.39 is 6.10 Å². The molecule has 0 radical (unpaired) electrons. The highest BCUT2D eigenvalue weighted by Gasteiger charge is 2.19. The van der Waals surface area contributed by atoms with Crippen molar-refractivity contribution >= 4 is 17.9 Å². The molecule has 0 amide bonds. The Kier molecular flexibility index (Phi) is 49.1. The number of carbonyl (C=O) groups excluding carboxylic acids is 3. The molecule has 65 heavy (non-hydrogen) atoms. The molecule has 0 rings (SSSR count). The van der Waals surface area contributed by atoms with Crippen LogP contribution in [-0.4, -0.2) is 37.2 Å². The molecule has 0 aliphatic rings. The third-order valence-corrected chi connectivity index (χ3v) is 10.7. The van der Waals surface area contributed by atoms with Gasteiger partial charge < -0.3 is 14.2 Å². The summed E-state index contributed by atoms with van der Waals surface area (Å²) in [4.78, 5) is 38.0. The topological polar surface area (TPSA) is 78.9 Å². The molecule has 0 fully saturated rings. The molecule has 0 N–H and O–H groups in total. The maximum Gasteiger partial charge on any atom is 0.306 e. The van der Waals surface area contributed by atoms with E-state index in [2.05, 4.69) is 51.2 Å². The van der Waals surface area contributed by atoms with Crippen molar-refractivity contribution in [3.05, 3.63) is 122 Å². The molecule has 1 atom stereocenters. The van der Waals surface area contributed by atoms with Crippen LogP contribution in [0, 0.1) is 0 Å². The predicted octanol–water partition coefficient (Wildman–Crippen LogP) is 17.3. The molecule has 6 heteroatoms. The van der Waals surface area contributed by atoms with Crippen molar-refractivity contribution in [3.8, 4) is 0 Å². The van der Waals surface area contributed by atoms with Gasteiger partial charge in [0.05, 0.1) is 0 Å². The van der Waals surface area contributed by atoms with Crippen LogP contribution < -0.4 is 0 Å². The number of hydrogen-bond acceptors (Lipinski definition) is 6. The molecule has 0 spiro atoms. The lowest BCUT2D eigenvalue weighted by Crippen LogP contribution is -2.30. The summed E-state index contributed by atoms with van der Waals surface area (Å²) in [5.41, 5.74) is 0. The molecule has 0 saturated carbocycles. The van der Waals surface area contributed by atoms with Crippen molar-refractivity contribution in [2.75, 3.05) is 13.2 Å². The SMILES string of the molecule is CC\C=C/C=C\C=C/C=C\C=C/CCCC(=O)OCC(COC(=O)CCCCCCC\C=C/C=C\C=C/C=C\C=C/CCC)OC(=O)CCCCCCCCCCCCCCCCCC. The van der Waals surface area contributed by atoms with Crippen LogP contribution in [0.25, 0.3) is 0 Å². The lowest BCUT2D eigenvalue weighted by molar-refractivity contribution is -0.167. The highest BCUT2D eigenvalue weighted by molar-refractivity contribution is 5.71. The monoisotopic (exact) mass is 899 g/mol. The third-order valence-electron chi connectivity index (χ3n) is 10.7. The first-order valence-corrected chi connectivity index (χ1v) is 26.2. The first-order valence-electron chi connectivity index (χ1n) is 26.2. The van der Waals surface area contributed by atoms with Crippen molar-refractivity contribution in [3.63, 3.8) is 0 Å². The van der Waals surface area contributed by atoms with Crippen LogP contribution in [0.3, 0.4) is 0 Å². The molecule has 0 aliphatic heterocycles. The fraction of sp³-hybridized carbons (Fsp3) is 0.610. The number of hydrogen-bond donors (Lipinski definition) is 0. The van der Waals surface area contributed by atoms with Gasteiger partial charge in [-0.05, 0) is 51.4 Å². The van der Waals surface area contributed by atoms with Crippen molar-refractivity contribution in [2.24, 2.45) is 0 Å². The van der Waals surface area contributed by atoms with Gasteiger partial charge >= 0.3 is 17.9 Å². The van der Waals surface area contributed by atoms with Crippen LogP contribution >= 0.6 is 0 Å². The maximum absolute atomic E-state index is 12.8. The average molecular weight is 899 g/mol. The van der Waals surface area contributed by atoms with E-state index in [9.17, 15) is 14.4 Å². The maximum atomic E-state index is 12.8. The minimum absolute atomic E-state index is 0.116. The Labute approximate surface area is 399 Å². The molecular formula is C59H94O6. The fourth-order valence-electron chi connectivity index (χ4n) is 6.80. The van der Waals surface area contributed by atoms with Crippen LogP contribution in [0.4, 0.5) is 0 Å². The Morgan fingerprint density at radius 3 is 1.06 bits per heavy atom. The second-order valence-electron chi connectivity index (χ2n) is 16.9. The highest BCUT2D eigenvalue weighted by atomic mass is 16.6. The minimum atomic E-state index is -0.819. The van der Waals surface area contributed by atoms with Gasteiger partial charge in [0.2, 0.25) is 0 Å². The molecule has 0 aliphatic carbocycles. The molecule has 1 unspecified atom stereocenters. The van der Waals surface area contributed by atoms with Gasteiger partial charge in [0.15, 0.2) is 6.10 Å². The van der Waals surface area contributed by atoms with Crippen molar-refractivity contribution in [1.82, 2.24) is 0 Å². The molecule has 0 aromatic rings. The smallest absolute Gasteiger partial charge is 0.306 e. The molecule has 0 bridgehead atoms. The van der Waals surface area contributed by atoms with E-state index in [0.29, 0.717) is 19.3 Å². The first kappa shape index (κ1) is 60.8. The standard InChI is InChI=1S/C59H94O6/c1-4-7-10-13-16-19-22-25-27-29-30-32-34-37-40-43-46-49-52-58(61)64-55-56(54-63-57(60)51-48-45-42-39-36-33-24-21-18-15-12-9-6-3)65-59(62)53-50-47-44-41-38-35-31-28-26-23-20-17-14-11-8-5-2/h9-10,12-13,15-16,18-19,21-22,24-25,27,29-30,32-33,36,39,42,56H,4-8,11,14,17,20,23,26,28,31,34-35,37-38,40-41,43-55H2,1-3H3/b12-9-,13-10-,18-15-,19-16-,24-21-,25-22-,29-27-,32-30-,36-33-,42-39-. The third kappa shape index (κ3) is 50.7. The summed E-state index contributed by atoms with van der Waals surface area (Å²) in [7, 11) is 0. The minimum Gasteiger partial charge on any atom is -0.462 e. The van der Waals surface area contributed by atoms with Gasteiger partial charge in [-0.25, -0.2) is 0 Å². The summed E-state index contributed by atoms with van der Waals surface area (Å²) in [5, 5.41) is 0. The number of rotatable bonds is 45. The Morgan fingerprint density at radius 1 is 0.323 bits per heavy atom. The lowest BCUT2D eigenvalue weighted by atomic mass is 10.0. The van der Waals surface area contributed by atoms with E-state index in [1.807, 2.05) is 91.1 Å². The van der Waals surface area contributed by atoms with Gasteiger partial charge in [0, 0.05) is 19.3 Å². The van der Waals surface area contributed by atoms with Gasteiger partial charge in [0.25, 0.3) is 0 Å². The normalized spacial score (nSPS) is 13.1. The largest absolute Gasteiger partial charge is 0.462 e. The Hall–Kier alpha value is -4.19. The highest BCUT2D eigenvalue weighted by Crippen LogP contribution is 2.15. The quantitative estimate of drug-likeness (QED) is 0.0262. The summed E-state index contributed by atoms with van der Waals surface area (Å²) < 4.78 is 16.7. The molecule has 0 saturated heterocycles. The first-order chi connectivity index (χ1) is 32.0. The molecular weight excluding hydrogens is 805 g/mol. The summed E-state index contributed by atoms with van der Waals surface area (Å²) >= 11 is 0. The zero-order chi connectivity index (χ0) is 47.2. The van der Waals surface area contributed by atoms with Gasteiger partial charge in [-0.3, -0.25) is 14.4 Å². The van der Waals surface area contributed by atoms with Crippen molar-refractivity contribution < 1.29 is 28.6 Å². The summed E-state index contributed by atoms with van der Waals surface area (Å²) in [6, 6.07) is 0. The van der Waals surface area contributed by atoms with Gasteiger partial charge in [0.1, 0.15) is 13.2 Å². The van der Waals surface area contributed by atoms with Gasteiger partial charge in [-0.2, -0.15) is 0 Å². The van der Waals surface area contributed by atoms with E-state index in [4.69, 9.17) is 14.2 Å². The molecule has 0 aromatic heterocycles. The van der Waals surface area contributed by atoms with Gasteiger partial charge in [-0.15, -0.1) is 0 Å². The van der Waals surface area contributed by atoms with Crippen molar-refractivity contribution in [1.29, 1.82) is 0 Å². The predicted molar refractivity (Wildman–Crippen MR) is 279 cm³/mol. The van der Waals surface area contributed by atoms with Gasteiger partial charge in [-0.1, -0.05) is 264 Å². The number of esters is 3. The summed E-state index contributed by atoms with van der Waals surface area (Å²) in [6.45, 7) is 6.31. The fourth-order valence-corrected chi connectivity index (χ4v) is 6.80. The molecule has 6 nitrogen and oxygen atoms in total. The molecule has 366 valence electrons. The van der Waals surface area contributed by atoms with E-state index in [1.165, 1.54) is 89.9 Å². The van der Waals surface area contributed by atoms with Crippen LogP contribution in [0.5, 0.6) is 0 Å². The van der Waals surface area contributed by atoms with E-state index in [0.717, 1.165) is 77.0 Å². The number of allylic oxidation sites excluding steroid dienone is 20. The summed E-state index contributed by atoms with van der Waals surface area (Å²) in [6.07, 6.45) is 71.8. The second kappa shape index (κ2) is 52.4. The zero-order valence-corrected chi connectivity index (χ0v) is 41.7. The van der Waals surface area contributed by atoms with Crippen LogP contribution in [0.1, 0.15) is 213 Å². The number of ether oxygens (including phenoxy) is 3. The summed E-state index contributed by atoms with van der Waals surface area (Å²) in [5.74, 6) is -1.02. The average Bonchev–Trinajstić information content (AvgIpc) is 3.30. The molecule has 0 heterocycles. The molecule has 0 aromatic carbocycles. The number of carbonyl (C=O) groups is 3. The van der Waals surface area contributed by atoms with E-state index >= 15 is 0 Å². The zero-order valence-electron chi connectivity index (χ0n) is 41.7.